The molecular weight excluding hydrogens is 270 g/mol. The Morgan fingerprint density at radius 3 is 2.81 bits per heavy atom. The zero-order valence-corrected chi connectivity index (χ0v) is 10.8. The van der Waals surface area contributed by atoms with E-state index in [2.05, 4.69) is 21.2 Å². The molecule has 0 spiro atoms. The third kappa shape index (κ3) is 3.94. The number of amides is 1. The molecule has 0 fully saturated rings. The Hall–Kier alpha value is -0.870. The van der Waals surface area contributed by atoms with Gasteiger partial charge in [-0.2, -0.15) is 0 Å². The number of benzene rings is 1. The summed E-state index contributed by atoms with van der Waals surface area (Å²) < 4.78 is 0.794. The minimum atomic E-state index is -0.0859. The zero-order chi connectivity index (χ0) is 12.0. The van der Waals surface area contributed by atoms with Crippen molar-refractivity contribution in [3.8, 4) is 0 Å². The maximum absolute atomic E-state index is 11.8. The predicted molar refractivity (Wildman–Crippen MR) is 67.3 cm³/mol. The third-order valence-corrected chi connectivity index (χ3v) is 3.04. The Morgan fingerprint density at radius 1 is 1.50 bits per heavy atom. The molecule has 2 N–H and O–H groups in total. The summed E-state index contributed by atoms with van der Waals surface area (Å²) in [7, 11) is 0. The van der Waals surface area contributed by atoms with Gasteiger partial charge >= 0.3 is 0 Å². The van der Waals surface area contributed by atoms with Gasteiger partial charge in [0.15, 0.2) is 0 Å². The van der Waals surface area contributed by atoms with Crippen molar-refractivity contribution in [1.82, 2.24) is 5.32 Å². The first kappa shape index (κ1) is 13.2. The third-order valence-electron chi connectivity index (χ3n) is 2.35. The lowest BCUT2D eigenvalue weighted by molar-refractivity contribution is 0.0944. The summed E-state index contributed by atoms with van der Waals surface area (Å²) in [6, 6.07) is 7.31. The molecule has 1 atom stereocenters. The molecule has 0 aromatic heterocycles. The minimum Gasteiger partial charge on any atom is -0.396 e. The van der Waals surface area contributed by atoms with Gasteiger partial charge in [-0.25, -0.2) is 0 Å². The number of nitrogens with one attached hydrogen (secondary N) is 1. The average Bonchev–Trinajstić information content (AvgIpc) is 2.27. The topological polar surface area (TPSA) is 49.3 Å². The lowest BCUT2D eigenvalue weighted by atomic mass is 10.1. The first-order valence-electron chi connectivity index (χ1n) is 5.28. The van der Waals surface area contributed by atoms with Crippen LogP contribution in [-0.2, 0) is 0 Å². The quantitative estimate of drug-likeness (QED) is 0.871. The van der Waals surface area contributed by atoms with Gasteiger partial charge in [-0.15, -0.1) is 0 Å². The minimum absolute atomic E-state index is 0.0859. The molecule has 0 radical (unpaired) electrons. The van der Waals surface area contributed by atoms with Crippen LogP contribution in [-0.4, -0.2) is 24.2 Å². The summed E-state index contributed by atoms with van der Waals surface area (Å²) in [6.45, 7) is 2.74. The number of hydrogen-bond acceptors (Lipinski definition) is 2. The lowest BCUT2D eigenvalue weighted by Gasteiger charge is -2.11. The zero-order valence-electron chi connectivity index (χ0n) is 9.24. The predicted octanol–water partition coefficient (Wildman–Crippen LogP) is 2.20. The summed E-state index contributed by atoms with van der Waals surface area (Å²) in [5.41, 5.74) is 0.638. The number of hydrogen-bond donors (Lipinski definition) is 2. The van der Waals surface area contributed by atoms with Gasteiger partial charge in [0.25, 0.3) is 5.91 Å². The molecule has 0 saturated carbocycles. The van der Waals surface area contributed by atoms with E-state index >= 15 is 0 Å². The van der Waals surface area contributed by atoms with Crippen LogP contribution < -0.4 is 5.32 Å². The van der Waals surface area contributed by atoms with Crippen LogP contribution in [0.4, 0.5) is 0 Å². The number of halogens is 1. The number of carbonyl (C=O) groups is 1. The van der Waals surface area contributed by atoms with Gasteiger partial charge in [-0.05, 0) is 40.4 Å². The van der Waals surface area contributed by atoms with Crippen molar-refractivity contribution in [2.45, 2.75) is 13.3 Å². The van der Waals surface area contributed by atoms with Crippen molar-refractivity contribution in [3.05, 3.63) is 34.3 Å². The first-order chi connectivity index (χ1) is 7.65. The van der Waals surface area contributed by atoms with Crippen molar-refractivity contribution in [3.63, 3.8) is 0 Å². The molecule has 16 heavy (non-hydrogen) atoms. The summed E-state index contributed by atoms with van der Waals surface area (Å²) in [5.74, 6) is 0.203. The molecule has 1 rings (SSSR count). The smallest absolute Gasteiger partial charge is 0.252 e. The Kier molecular flexibility index (Phi) is 5.49. The number of aliphatic hydroxyl groups is 1. The van der Waals surface area contributed by atoms with Crippen molar-refractivity contribution in [2.24, 2.45) is 5.92 Å². The molecule has 88 valence electrons. The maximum atomic E-state index is 11.8. The second kappa shape index (κ2) is 6.66. The number of rotatable bonds is 5. The van der Waals surface area contributed by atoms with E-state index < -0.39 is 0 Å². The highest BCUT2D eigenvalue weighted by Crippen LogP contribution is 2.15. The second-order valence-electron chi connectivity index (χ2n) is 3.81. The maximum Gasteiger partial charge on any atom is 0.252 e. The van der Waals surface area contributed by atoms with E-state index in [0.29, 0.717) is 18.5 Å². The molecule has 0 aliphatic carbocycles. The van der Waals surface area contributed by atoms with Crippen LogP contribution in [0.2, 0.25) is 0 Å². The summed E-state index contributed by atoms with van der Waals surface area (Å²) >= 11 is 3.33. The monoisotopic (exact) mass is 285 g/mol. The van der Waals surface area contributed by atoms with Crippen molar-refractivity contribution >= 4 is 21.8 Å². The lowest BCUT2D eigenvalue weighted by Crippen LogP contribution is -2.28. The highest BCUT2D eigenvalue weighted by atomic mass is 79.9. The molecule has 1 unspecified atom stereocenters. The first-order valence-corrected chi connectivity index (χ1v) is 6.08. The van der Waals surface area contributed by atoms with Gasteiger partial charge in [0, 0.05) is 17.6 Å². The van der Waals surface area contributed by atoms with Crippen molar-refractivity contribution in [2.75, 3.05) is 13.2 Å². The average molecular weight is 286 g/mol. The van der Waals surface area contributed by atoms with E-state index in [1.54, 1.807) is 6.07 Å². The fourth-order valence-electron chi connectivity index (χ4n) is 1.33. The van der Waals surface area contributed by atoms with Crippen LogP contribution in [0.25, 0.3) is 0 Å². The van der Waals surface area contributed by atoms with Crippen LogP contribution in [0.3, 0.4) is 0 Å². The number of aliphatic hydroxyl groups excluding tert-OH is 1. The molecule has 1 amide bonds. The molecule has 0 saturated heterocycles. The molecule has 3 nitrogen and oxygen atoms in total. The molecular formula is C12H16BrNO2. The molecule has 0 aliphatic heterocycles. The Labute approximate surface area is 104 Å². The molecule has 1 aromatic carbocycles. The Bertz CT molecular complexity index is 355. The molecule has 4 heteroatoms. The Morgan fingerprint density at radius 2 is 2.19 bits per heavy atom. The van der Waals surface area contributed by atoms with Crippen molar-refractivity contribution < 1.29 is 9.90 Å². The summed E-state index contributed by atoms with van der Waals surface area (Å²) in [6.07, 6.45) is 0.705. The highest BCUT2D eigenvalue weighted by Gasteiger charge is 2.09. The summed E-state index contributed by atoms with van der Waals surface area (Å²) in [4.78, 5) is 11.8. The molecule has 1 aromatic rings. The standard InChI is InChI=1S/C12H16BrNO2/c1-9(6-7-15)8-14-12(16)10-4-2-3-5-11(10)13/h2-5,9,15H,6-8H2,1H3,(H,14,16). The normalized spacial score (nSPS) is 12.2. The molecule has 0 heterocycles. The Balaban J connectivity index is 2.50. The highest BCUT2D eigenvalue weighted by molar-refractivity contribution is 9.10. The van der Waals surface area contributed by atoms with Crippen LogP contribution in [0, 0.1) is 5.92 Å². The van der Waals surface area contributed by atoms with Gasteiger partial charge in [-0.1, -0.05) is 19.1 Å². The van der Waals surface area contributed by atoms with Gasteiger partial charge in [-0.3, -0.25) is 4.79 Å². The fraction of sp³-hybridized carbons (Fsp3) is 0.417. The fourth-order valence-corrected chi connectivity index (χ4v) is 1.79. The van der Waals surface area contributed by atoms with E-state index in [1.807, 2.05) is 25.1 Å². The van der Waals surface area contributed by atoms with E-state index in [9.17, 15) is 4.79 Å². The van der Waals surface area contributed by atoms with Gasteiger partial charge in [0.05, 0.1) is 5.56 Å². The van der Waals surface area contributed by atoms with Crippen LogP contribution in [0.1, 0.15) is 23.7 Å². The van der Waals surface area contributed by atoms with E-state index in [4.69, 9.17) is 5.11 Å². The summed E-state index contributed by atoms with van der Waals surface area (Å²) in [5, 5.41) is 11.6. The van der Waals surface area contributed by atoms with E-state index in [0.717, 1.165) is 4.47 Å². The van der Waals surface area contributed by atoms with E-state index in [-0.39, 0.29) is 18.4 Å². The number of carbonyl (C=O) groups excluding carboxylic acids is 1. The van der Waals surface area contributed by atoms with Gasteiger partial charge in [0.1, 0.15) is 0 Å². The van der Waals surface area contributed by atoms with Crippen LogP contribution in [0.5, 0.6) is 0 Å². The largest absolute Gasteiger partial charge is 0.396 e. The molecule has 0 aliphatic rings. The van der Waals surface area contributed by atoms with Gasteiger partial charge in [0.2, 0.25) is 0 Å². The molecule has 0 bridgehead atoms. The van der Waals surface area contributed by atoms with Crippen LogP contribution in [0.15, 0.2) is 28.7 Å². The van der Waals surface area contributed by atoms with Crippen LogP contribution >= 0.6 is 15.9 Å². The SMILES string of the molecule is CC(CCO)CNC(=O)c1ccccc1Br. The van der Waals surface area contributed by atoms with Crippen molar-refractivity contribution in [1.29, 1.82) is 0 Å². The van der Waals surface area contributed by atoms with Gasteiger partial charge < -0.3 is 10.4 Å². The second-order valence-corrected chi connectivity index (χ2v) is 4.66. The van der Waals surface area contributed by atoms with E-state index in [1.165, 1.54) is 0 Å².